The van der Waals surface area contributed by atoms with Gasteiger partial charge in [-0.3, -0.25) is 0 Å². The Hall–Kier alpha value is -2.55. The van der Waals surface area contributed by atoms with Crippen LogP contribution in [0.3, 0.4) is 0 Å². The predicted octanol–water partition coefficient (Wildman–Crippen LogP) is 7.01. The quantitative estimate of drug-likeness (QED) is 0.135. The van der Waals surface area contributed by atoms with E-state index in [0.29, 0.717) is 12.4 Å². The summed E-state index contributed by atoms with van der Waals surface area (Å²) in [4.78, 5) is 24.2. The second-order valence-electron chi connectivity index (χ2n) is 10.8. The number of rotatable bonds is 21. The van der Waals surface area contributed by atoms with Crippen LogP contribution in [0.25, 0.3) is 11.1 Å². The number of carboxylic acid groups (broad SMARTS) is 1. The van der Waals surface area contributed by atoms with Crippen molar-refractivity contribution in [1.29, 1.82) is 0 Å². The lowest BCUT2D eigenvalue weighted by Crippen LogP contribution is -2.43. The molecule has 7 nitrogen and oxygen atoms in total. The lowest BCUT2D eigenvalue weighted by Gasteiger charge is -2.18. The van der Waals surface area contributed by atoms with Gasteiger partial charge in [-0.1, -0.05) is 113 Å². The zero-order chi connectivity index (χ0) is 29.3. The van der Waals surface area contributed by atoms with Gasteiger partial charge in [-0.05, 0) is 28.7 Å². The lowest BCUT2D eigenvalue weighted by molar-refractivity contribution is -0.138. The maximum absolute atomic E-state index is 12.5. The molecule has 0 heterocycles. The molecule has 0 bridgehead atoms. The number of ether oxygens (including phenoxy) is 2. The first-order chi connectivity index (χ1) is 20.0. The number of hydrogen-bond acceptors (Lipinski definition) is 6. The third kappa shape index (κ3) is 11.3. The van der Waals surface area contributed by atoms with E-state index in [1.54, 1.807) is 0 Å². The number of alkyl carbamates (subject to hydrolysis) is 1. The Bertz CT molecular complexity index is 1020. The highest BCUT2D eigenvalue weighted by Crippen LogP contribution is 2.44. The summed E-state index contributed by atoms with van der Waals surface area (Å²) in [6.07, 6.45) is 11.2. The first-order valence-corrected chi connectivity index (χ1v) is 16.3. The summed E-state index contributed by atoms with van der Waals surface area (Å²) in [5.74, 6) is -0.789. The zero-order valence-electron chi connectivity index (χ0n) is 24.4. The monoisotopic (exact) mass is 585 g/mol. The van der Waals surface area contributed by atoms with Crippen LogP contribution in [0, 0.1) is 0 Å². The smallest absolute Gasteiger partial charge is 0.407 e. The summed E-state index contributed by atoms with van der Waals surface area (Å²) in [5.41, 5.74) is 4.44. The highest BCUT2D eigenvalue weighted by atomic mass is 32.2. The number of unbranched alkanes of at least 4 members (excludes halogenated alkanes) is 9. The van der Waals surface area contributed by atoms with Crippen LogP contribution in [-0.2, 0) is 14.3 Å². The molecule has 0 spiro atoms. The van der Waals surface area contributed by atoms with Crippen molar-refractivity contribution in [2.24, 2.45) is 0 Å². The molecule has 0 aromatic heterocycles. The molecule has 2 atom stereocenters. The Morgan fingerprint density at radius 2 is 1.41 bits per heavy atom. The third-order valence-corrected chi connectivity index (χ3v) is 8.67. The minimum Gasteiger partial charge on any atom is -0.480 e. The summed E-state index contributed by atoms with van der Waals surface area (Å²) in [7, 11) is 0. The Balaban J connectivity index is 1.27. The van der Waals surface area contributed by atoms with Crippen LogP contribution in [0.5, 0.6) is 0 Å². The van der Waals surface area contributed by atoms with Gasteiger partial charge in [-0.25, -0.2) is 9.59 Å². The summed E-state index contributed by atoms with van der Waals surface area (Å²) in [5, 5.41) is 22.2. The van der Waals surface area contributed by atoms with E-state index in [1.807, 2.05) is 36.4 Å². The number of fused-ring (bicyclic) bond motifs is 3. The number of carbonyl (C=O) groups excluding carboxylic acids is 1. The number of aliphatic carboxylic acids is 1. The van der Waals surface area contributed by atoms with Crippen LogP contribution in [0.2, 0.25) is 0 Å². The van der Waals surface area contributed by atoms with Crippen LogP contribution in [0.1, 0.15) is 88.2 Å². The number of thioether (sulfide) groups is 1. The summed E-state index contributed by atoms with van der Waals surface area (Å²) in [6.45, 7) is 3.21. The Morgan fingerprint density at radius 3 is 2.00 bits per heavy atom. The Kier molecular flexibility index (Phi) is 15.1. The van der Waals surface area contributed by atoms with Crippen molar-refractivity contribution in [3.05, 3.63) is 59.7 Å². The molecule has 1 aliphatic rings. The van der Waals surface area contributed by atoms with Crippen LogP contribution < -0.4 is 5.32 Å². The molecule has 0 saturated heterocycles. The largest absolute Gasteiger partial charge is 0.480 e. The number of aliphatic hydroxyl groups excluding tert-OH is 1. The molecule has 41 heavy (non-hydrogen) atoms. The molecule has 3 N–H and O–H groups in total. The number of aliphatic hydroxyl groups is 1. The molecule has 1 aliphatic carbocycles. The van der Waals surface area contributed by atoms with E-state index in [-0.39, 0.29) is 24.9 Å². The van der Waals surface area contributed by atoms with Gasteiger partial charge in [0.1, 0.15) is 12.6 Å². The van der Waals surface area contributed by atoms with Crippen LogP contribution in [-0.4, -0.2) is 65.7 Å². The molecule has 0 aliphatic heterocycles. The number of hydrogen-bond donors (Lipinski definition) is 3. The van der Waals surface area contributed by atoms with Crippen molar-refractivity contribution in [2.75, 3.05) is 31.3 Å². The molecule has 0 radical (unpaired) electrons. The van der Waals surface area contributed by atoms with E-state index >= 15 is 0 Å². The van der Waals surface area contributed by atoms with Crippen molar-refractivity contribution in [2.45, 2.75) is 89.2 Å². The summed E-state index contributed by atoms with van der Waals surface area (Å²) >= 11 is 1.27. The van der Waals surface area contributed by atoms with E-state index < -0.39 is 24.2 Å². The average Bonchev–Trinajstić information content (AvgIpc) is 3.29. The van der Waals surface area contributed by atoms with Crippen molar-refractivity contribution in [3.8, 4) is 11.1 Å². The van der Waals surface area contributed by atoms with Crippen LogP contribution in [0.15, 0.2) is 48.5 Å². The number of carbonyl (C=O) groups is 2. The SMILES string of the molecule is CCCCCCCCCCCCOCC(O)CSCC(NC(=O)OCC1c2ccccc2-c2ccccc21)C(=O)O. The highest BCUT2D eigenvalue weighted by Gasteiger charge is 2.29. The first kappa shape index (κ1) is 33.0. The van der Waals surface area contributed by atoms with E-state index in [4.69, 9.17) is 9.47 Å². The fourth-order valence-corrected chi connectivity index (χ4v) is 6.20. The Labute approximate surface area is 249 Å². The normalized spacial score (nSPS) is 13.8. The van der Waals surface area contributed by atoms with Crippen molar-refractivity contribution < 1.29 is 29.3 Å². The van der Waals surface area contributed by atoms with E-state index in [2.05, 4.69) is 24.4 Å². The topological polar surface area (TPSA) is 105 Å². The van der Waals surface area contributed by atoms with Gasteiger partial charge in [0.2, 0.25) is 0 Å². The van der Waals surface area contributed by atoms with Gasteiger partial charge < -0.3 is 25.0 Å². The van der Waals surface area contributed by atoms with Crippen LogP contribution >= 0.6 is 11.8 Å². The predicted molar refractivity (Wildman–Crippen MR) is 166 cm³/mol. The molecule has 8 heteroatoms. The highest BCUT2D eigenvalue weighted by molar-refractivity contribution is 7.99. The maximum Gasteiger partial charge on any atom is 0.407 e. The van der Waals surface area contributed by atoms with Gasteiger partial charge in [0, 0.05) is 24.0 Å². The van der Waals surface area contributed by atoms with E-state index in [9.17, 15) is 19.8 Å². The number of benzene rings is 2. The second-order valence-corrected chi connectivity index (χ2v) is 11.9. The summed E-state index contributed by atoms with van der Waals surface area (Å²) in [6, 6.07) is 15.0. The van der Waals surface area contributed by atoms with Gasteiger partial charge in [0.25, 0.3) is 0 Å². The maximum atomic E-state index is 12.5. The van der Waals surface area contributed by atoms with E-state index in [0.717, 1.165) is 35.1 Å². The average molecular weight is 586 g/mol. The molecular formula is C33H47NO6S. The van der Waals surface area contributed by atoms with Gasteiger partial charge in [0.05, 0.1) is 12.7 Å². The van der Waals surface area contributed by atoms with Crippen LogP contribution in [0.4, 0.5) is 4.79 Å². The molecule has 2 aromatic carbocycles. The second kappa shape index (κ2) is 18.8. The van der Waals surface area contributed by atoms with Gasteiger partial charge in [-0.15, -0.1) is 0 Å². The molecule has 3 rings (SSSR count). The number of carboxylic acids is 1. The zero-order valence-corrected chi connectivity index (χ0v) is 25.2. The minimum absolute atomic E-state index is 0.0960. The van der Waals surface area contributed by atoms with Crippen molar-refractivity contribution in [3.63, 3.8) is 0 Å². The van der Waals surface area contributed by atoms with Gasteiger partial charge >= 0.3 is 12.1 Å². The first-order valence-electron chi connectivity index (χ1n) is 15.2. The van der Waals surface area contributed by atoms with E-state index in [1.165, 1.54) is 63.1 Å². The van der Waals surface area contributed by atoms with Gasteiger partial charge in [0.15, 0.2) is 0 Å². The third-order valence-electron chi connectivity index (χ3n) is 7.48. The number of nitrogens with one attached hydrogen (secondary N) is 1. The fourth-order valence-electron chi connectivity index (χ4n) is 5.24. The Morgan fingerprint density at radius 1 is 0.854 bits per heavy atom. The molecule has 0 saturated carbocycles. The fraction of sp³-hybridized carbons (Fsp3) is 0.576. The van der Waals surface area contributed by atoms with Crippen molar-refractivity contribution in [1.82, 2.24) is 5.32 Å². The molecule has 2 unspecified atom stereocenters. The molecule has 2 aromatic rings. The molecule has 1 amide bonds. The minimum atomic E-state index is -1.14. The molecule has 0 fully saturated rings. The summed E-state index contributed by atoms with van der Waals surface area (Å²) < 4.78 is 11.1. The van der Waals surface area contributed by atoms with Crippen molar-refractivity contribution >= 4 is 23.8 Å². The van der Waals surface area contributed by atoms with Gasteiger partial charge in [-0.2, -0.15) is 11.8 Å². The molecule has 226 valence electrons. The number of amides is 1. The lowest BCUT2D eigenvalue weighted by atomic mass is 9.98. The standard InChI is InChI=1S/C33H47NO6S/c1-2-3-4-5-6-7-8-9-10-15-20-39-21-25(35)23-41-24-31(32(36)37)34-33(38)40-22-30-28-18-13-11-16-26(28)27-17-12-14-19-29(27)30/h11-14,16-19,25,30-31,35H,2-10,15,20-24H2,1H3,(H,34,38)(H,36,37). The molecular weight excluding hydrogens is 538 g/mol.